The zero-order valence-electron chi connectivity index (χ0n) is 8.50. The summed E-state index contributed by atoms with van der Waals surface area (Å²) in [5.74, 6) is -0.242. The highest BCUT2D eigenvalue weighted by Crippen LogP contribution is 2.43. The van der Waals surface area contributed by atoms with Crippen molar-refractivity contribution in [1.29, 1.82) is 0 Å². The van der Waals surface area contributed by atoms with Gasteiger partial charge in [0.2, 0.25) is 5.91 Å². The summed E-state index contributed by atoms with van der Waals surface area (Å²) in [6.07, 6.45) is 3.75. The minimum atomic E-state index is -0.516. The molecular formula is C12H14ClNO. The van der Waals surface area contributed by atoms with E-state index < -0.39 is 5.41 Å². The molecule has 3 heteroatoms. The second kappa shape index (κ2) is 3.86. The molecule has 0 unspecified atom stereocenters. The van der Waals surface area contributed by atoms with Gasteiger partial charge in [-0.05, 0) is 24.5 Å². The van der Waals surface area contributed by atoms with Gasteiger partial charge in [0.15, 0.2) is 0 Å². The summed E-state index contributed by atoms with van der Waals surface area (Å²) < 4.78 is 0. The number of hydrogen-bond donors (Lipinski definition) is 1. The monoisotopic (exact) mass is 223 g/mol. The van der Waals surface area contributed by atoms with Gasteiger partial charge >= 0.3 is 0 Å². The fourth-order valence-electron chi connectivity index (χ4n) is 2.48. The van der Waals surface area contributed by atoms with E-state index in [-0.39, 0.29) is 5.91 Å². The molecule has 2 nitrogen and oxygen atoms in total. The molecule has 1 fully saturated rings. The average molecular weight is 224 g/mol. The highest BCUT2D eigenvalue weighted by atomic mass is 35.5. The molecule has 2 N–H and O–H groups in total. The Labute approximate surface area is 94.4 Å². The number of nitrogens with two attached hydrogens (primary N) is 1. The standard InChI is InChI=1S/C12H14ClNO/c13-10-6-2-1-5-9(10)12(11(14)15)7-3-4-8-12/h1-2,5-6H,3-4,7-8H2,(H2,14,15). The summed E-state index contributed by atoms with van der Waals surface area (Å²) >= 11 is 6.13. The molecule has 0 radical (unpaired) electrons. The largest absolute Gasteiger partial charge is 0.369 e. The number of carbonyl (C=O) groups is 1. The van der Waals surface area contributed by atoms with Crippen LogP contribution in [0.3, 0.4) is 0 Å². The van der Waals surface area contributed by atoms with Crippen LogP contribution in [0.4, 0.5) is 0 Å². The lowest BCUT2D eigenvalue weighted by Gasteiger charge is -2.26. The molecule has 1 amide bonds. The van der Waals surface area contributed by atoms with Crippen LogP contribution in [0.1, 0.15) is 31.2 Å². The van der Waals surface area contributed by atoms with Crippen molar-refractivity contribution in [3.63, 3.8) is 0 Å². The Bertz CT molecular complexity index is 383. The molecule has 1 aromatic rings. The fraction of sp³-hybridized carbons (Fsp3) is 0.417. The molecule has 0 saturated heterocycles. The number of primary amides is 1. The topological polar surface area (TPSA) is 43.1 Å². The van der Waals surface area contributed by atoms with Gasteiger partial charge in [-0.2, -0.15) is 0 Å². The van der Waals surface area contributed by atoms with E-state index in [1.807, 2.05) is 24.3 Å². The maximum Gasteiger partial charge on any atom is 0.228 e. The maximum absolute atomic E-state index is 11.6. The van der Waals surface area contributed by atoms with Crippen molar-refractivity contribution < 1.29 is 4.79 Å². The second-order valence-electron chi connectivity index (χ2n) is 4.13. The molecule has 0 aromatic heterocycles. The van der Waals surface area contributed by atoms with Crippen LogP contribution in [0.25, 0.3) is 0 Å². The minimum Gasteiger partial charge on any atom is -0.369 e. The highest BCUT2D eigenvalue weighted by molar-refractivity contribution is 6.31. The molecule has 0 heterocycles. The van der Waals surface area contributed by atoms with Gasteiger partial charge < -0.3 is 5.73 Å². The predicted octanol–water partition coefficient (Wildman–Crippen LogP) is 2.64. The first-order chi connectivity index (χ1) is 7.17. The molecule has 1 saturated carbocycles. The number of amides is 1. The fourth-order valence-corrected chi connectivity index (χ4v) is 2.79. The third-order valence-corrected chi connectivity index (χ3v) is 3.65. The van der Waals surface area contributed by atoms with Crippen LogP contribution in [-0.4, -0.2) is 5.91 Å². The molecular weight excluding hydrogens is 210 g/mol. The van der Waals surface area contributed by atoms with Gasteiger partial charge in [0.1, 0.15) is 0 Å². The van der Waals surface area contributed by atoms with Gasteiger partial charge in [-0.15, -0.1) is 0 Å². The van der Waals surface area contributed by atoms with E-state index in [1.165, 1.54) is 0 Å². The Kier molecular flexibility index (Phi) is 2.70. The van der Waals surface area contributed by atoms with E-state index in [0.717, 1.165) is 31.2 Å². The van der Waals surface area contributed by atoms with Gasteiger partial charge in [-0.25, -0.2) is 0 Å². The molecule has 1 aliphatic carbocycles. The molecule has 0 bridgehead atoms. The second-order valence-corrected chi connectivity index (χ2v) is 4.54. The molecule has 1 aromatic carbocycles. The van der Waals surface area contributed by atoms with Crippen LogP contribution < -0.4 is 5.73 Å². The number of benzene rings is 1. The van der Waals surface area contributed by atoms with Gasteiger partial charge in [0.05, 0.1) is 5.41 Å². The van der Waals surface area contributed by atoms with Gasteiger partial charge in [-0.1, -0.05) is 42.6 Å². The predicted molar refractivity (Wildman–Crippen MR) is 60.8 cm³/mol. The first-order valence-corrected chi connectivity index (χ1v) is 5.59. The van der Waals surface area contributed by atoms with E-state index >= 15 is 0 Å². The smallest absolute Gasteiger partial charge is 0.228 e. The SMILES string of the molecule is NC(=O)C1(c2ccccc2Cl)CCCC1. The molecule has 1 aliphatic rings. The molecule has 0 spiro atoms. The number of halogens is 1. The Balaban J connectivity index is 2.50. The Hall–Kier alpha value is -1.02. The number of hydrogen-bond acceptors (Lipinski definition) is 1. The van der Waals surface area contributed by atoms with E-state index in [2.05, 4.69) is 0 Å². The summed E-state index contributed by atoms with van der Waals surface area (Å²) in [6.45, 7) is 0. The van der Waals surface area contributed by atoms with Gasteiger partial charge in [-0.3, -0.25) is 4.79 Å². The van der Waals surface area contributed by atoms with E-state index in [0.29, 0.717) is 5.02 Å². The first-order valence-electron chi connectivity index (χ1n) is 5.22. The van der Waals surface area contributed by atoms with Crippen LogP contribution >= 0.6 is 11.6 Å². The van der Waals surface area contributed by atoms with E-state index in [9.17, 15) is 4.79 Å². The number of carbonyl (C=O) groups excluding carboxylic acids is 1. The van der Waals surface area contributed by atoms with E-state index in [4.69, 9.17) is 17.3 Å². The maximum atomic E-state index is 11.6. The molecule has 15 heavy (non-hydrogen) atoms. The molecule has 2 rings (SSSR count). The molecule has 80 valence electrons. The Morgan fingerprint density at radius 1 is 1.27 bits per heavy atom. The zero-order valence-corrected chi connectivity index (χ0v) is 9.26. The highest BCUT2D eigenvalue weighted by Gasteiger charge is 2.42. The van der Waals surface area contributed by atoms with Crippen LogP contribution in [0.5, 0.6) is 0 Å². The van der Waals surface area contributed by atoms with Crippen LogP contribution in [0.2, 0.25) is 5.02 Å². The lowest BCUT2D eigenvalue weighted by molar-refractivity contribution is -0.123. The van der Waals surface area contributed by atoms with Crippen LogP contribution in [0, 0.1) is 0 Å². The summed E-state index contributed by atoms with van der Waals surface area (Å²) in [4.78, 5) is 11.6. The third-order valence-electron chi connectivity index (χ3n) is 3.32. The van der Waals surface area contributed by atoms with Crippen molar-refractivity contribution in [2.75, 3.05) is 0 Å². The van der Waals surface area contributed by atoms with E-state index in [1.54, 1.807) is 0 Å². The van der Waals surface area contributed by atoms with Crippen LogP contribution in [0.15, 0.2) is 24.3 Å². The quantitative estimate of drug-likeness (QED) is 0.823. The van der Waals surface area contributed by atoms with Crippen molar-refractivity contribution in [2.45, 2.75) is 31.1 Å². The van der Waals surface area contributed by atoms with Crippen molar-refractivity contribution in [1.82, 2.24) is 0 Å². The summed E-state index contributed by atoms with van der Waals surface area (Å²) in [7, 11) is 0. The summed E-state index contributed by atoms with van der Waals surface area (Å²) in [5.41, 5.74) is 5.92. The first kappa shape index (κ1) is 10.5. The normalized spacial score (nSPS) is 19.0. The van der Waals surface area contributed by atoms with Crippen LogP contribution in [-0.2, 0) is 10.2 Å². The van der Waals surface area contributed by atoms with Gasteiger partial charge in [0, 0.05) is 5.02 Å². The van der Waals surface area contributed by atoms with Gasteiger partial charge in [0.25, 0.3) is 0 Å². The van der Waals surface area contributed by atoms with Crippen molar-refractivity contribution in [3.05, 3.63) is 34.9 Å². The zero-order chi connectivity index (χ0) is 10.9. The van der Waals surface area contributed by atoms with Crippen molar-refractivity contribution in [2.24, 2.45) is 5.73 Å². The lowest BCUT2D eigenvalue weighted by atomic mass is 9.78. The van der Waals surface area contributed by atoms with Crippen molar-refractivity contribution in [3.8, 4) is 0 Å². The average Bonchev–Trinajstić information content (AvgIpc) is 2.68. The Morgan fingerprint density at radius 3 is 2.40 bits per heavy atom. The number of rotatable bonds is 2. The lowest BCUT2D eigenvalue weighted by Crippen LogP contribution is -2.38. The molecule has 0 aliphatic heterocycles. The molecule has 0 atom stereocenters. The third kappa shape index (κ3) is 1.63. The summed E-state index contributed by atoms with van der Waals surface area (Å²) in [5, 5.41) is 0.651. The summed E-state index contributed by atoms with van der Waals surface area (Å²) in [6, 6.07) is 7.51. The van der Waals surface area contributed by atoms with Crippen molar-refractivity contribution >= 4 is 17.5 Å². The minimum absolute atomic E-state index is 0.242. The Morgan fingerprint density at radius 2 is 1.87 bits per heavy atom.